The summed E-state index contributed by atoms with van der Waals surface area (Å²) in [6.45, 7) is 4.71. The van der Waals surface area contributed by atoms with E-state index in [9.17, 15) is 5.11 Å². The first-order valence-electron chi connectivity index (χ1n) is 6.58. The Morgan fingerprint density at radius 3 is 2.26 bits per heavy atom. The Balaban J connectivity index is 2.32. The molecule has 0 amide bonds. The Labute approximate surface area is 115 Å². The number of aliphatic hydroxyl groups excluding tert-OH is 2. The summed E-state index contributed by atoms with van der Waals surface area (Å²) in [4.78, 5) is 0. The van der Waals surface area contributed by atoms with Crippen LogP contribution in [0.2, 0.25) is 0 Å². The maximum Gasteiger partial charge on any atom is 0.118 e. The fourth-order valence-corrected chi connectivity index (χ4v) is 1.85. The van der Waals surface area contributed by atoms with E-state index in [2.05, 4.69) is 0 Å². The Bertz CT molecular complexity index is 350. The fraction of sp³-hybridized carbons (Fsp3) is 0.600. The Kier molecular flexibility index (Phi) is 6.84. The quantitative estimate of drug-likeness (QED) is 0.755. The predicted octanol–water partition coefficient (Wildman–Crippen LogP) is 1.84. The molecule has 0 heterocycles. The summed E-state index contributed by atoms with van der Waals surface area (Å²) in [6.07, 6.45) is -0.541. The maximum atomic E-state index is 9.90. The summed E-state index contributed by atoms with van der Waals surface area (Å²) in [7, 11) is 1.64. The van der Waals surface area contributed by atoms with Crippen LogP contribution in [0.5, 0.6) is 5.75 Å². The van der Waals surface area contributed by atoms with Gasteiger partial charge in [0.2, 0.25) is 0 Å². The zero-order valence-corrected chi connectivity index (χ0v) is 11.9. The number of methoxy groups -OCH3 is 1. The van der Waals surface area contributed by atoms with Gasteiger partial charge in [0.1, 0.15) is 5.75 Å². The monoisotopic (exact) mass is 268 g/mol. The van der Waals surface area contributed by atoms with Crippen molar-refractivity contribution >= 4 is 0 Å². The lowest BCUT2D eigenvalue weighted by Crippen LogP contribution is -2.30. The van der Waals surface area contributed by atoms with E-state index >= 15 is 0 Å². The van der Waals surface area contributed by atoms with Gasteiger partial charge in [-0.1, -0.05) is 26.0 Å². The van der Waals surface area contributed by atoms with Crippen molar-refractivity contribution in [2.45, 2.75) is 26.6 Å². The van der Waals surface area contributed by atoms with Gasteiger partial charge in [-0.3, -0.25) is 0 Å². The highest BCUT2D eigenvalue weighted by Crippen LogP contribution is 2.15. The van der Waals surface area contributed by atoms with Crippen molar-refractivity contribution in [2.24, 2.45) is 11.8 Å². The molecular formula is C15H24O4. The summed E-state index contributed by atoms with van der Waals surface area (Å²) in [6, 6.07) is 7.70. The van der Waals surface area contributed by atoms with Crippen molar-refractivity contribution < 1.29 is 19.7 Å². The molecule has 0 aliphatic heterocycles. The van der Waals surface area contributed by atoms with Crippen molar-refractivity contribution in [3.63, 3.8) is 0 Å². The number of ether oxygens (including phenoxy) is 2. The largest absolute Gasteiger partial charge is 0.497 e. The van der Waals surface area contributed by atoms with E-state index in [-0.39, 0.29) is 18.4 Å². The standard InChI is InChI=1S/C15H24O4/c1-11(8-16)15(17)12(2)9-19-10-13-4-6-14(18-3)7-5-13/h4-7,11-12,15-17H,8-10H2,1-3H3/t11-,12-,15+/m0/s1. The highest BCUT2D eigenvalue weighted by molar-refractivity contribution is 5.26. The van der Waals surface area contributed by atoms with Crippen LogP contribution in [0.3, 0.4) is 0 Å². The molecule has 1 rings (SSSR count). The number of benzene rings is 1. The minimum Gasteiger partial charge on any atom is -0.497 e. The molecule has 1 aromatic rings. The molecule has 0 bridgehead atoms. The molecule has 0 saturated heterocycles. The van der Waals surface area contributed by atoms with Crippen molar-refractivity contribution in [1.29, 1.82) is 0 Å². The first-order valence-corrected chi connectivity index (χ1v) is 6.58. The molecule has 0 unspecified atom stereocenters. The van der Waals surface area contributed by atoms with Crippen molar-refractivity contribution in [2.75, 3.05) is 20.3 Å². The maximum absolute atomic E-state index is 9.90. The third-order valence-corrected chi connectivity index (χ3v) is 3.26. The first-order chi connectivity index (χ1) is 9.08. The fourth-order valence-electron chi connectivity index (χ4n) is 1.85. The van der Waals surface area contributed by atoms with E-state index in [0.717, 1.165) is 11.3 Å². The van der Waals surface area contributed by atoms with Gasteiger partial charge in [0.15, 0.2) is 0 Å². The topological polar surface area (TPSA) is 58.9 Å². The Morgan fingerprint density at radius 2 is 1.74 bits per heavy atom. The van der Waals surface area contributed by atoms with Crippen molar-refractivity contribution in [3.8, 4) is 5.75 Å². The van der Waals surface area contributed by atoms with Gasteiger partial charge >= 0.3 is 0 Å². The van der Waals surface area contributed by atoms with Crippen molar-refractivity contribution in [1.82, 2.24) is 0 Å². The van der Waals surface area contributed by atoms with E-state index in [4.69, 9.17) is 14.6 Å². The second-order valence-corrected chi connectivity index (χ2v) is 4.99. The van der Waals surface area contributed by atoms with Crippen molar-refractivity contribution in [3.05, 3.63) is 29.8 Å². The van der Waals surface area contributed by atoms with Crippen LogP contribution < -0.4 is 4.74 Å². The van der Waals surface area contributed by atoms with E-state index in [1.54, 1.807) is 7.11 Å². The minimum absolute atomic E-state index is 0.000369. The SMILES string of the molecule is COc1ccc(COC[C@H](C)[C@H](O)[C@@H](C)CO)cc1. The smallest absolute Gasteiger partial charge is 0.118 e. The summed E-state index contributed by atoms with van der Waals surface area (Å²) >= 11 is 0. The van der Waals surface area contributed by atoms with Gasteiger partial charge in [-0.05, 0) is 17.7 Å². The molecule has 3 atom stereocenters. The molecule has 0 aromatic heterocycles. The zero-order valence-electron chi connectivity index (χ0n) is 11.9. The molecule has 0 aliphatic carbocycles. The third-order valence-electron chi connectivity index (χ3n) is 3.26. The van der Waals surface area contributed by atoms with Crippen LogP contribution in [0.1, 0.15) is 19.4 Å². The molecule has 0 saturated carbocycles. The number of rotatable bonds is 8. The first kappa shape index (κ1) is 16.0. The molecular weight excluding hydrogens is 244 g/mol. The average molecular weight is 268 g/mol. The third kappa shape index (κ3) is 5.19. The molecule has 1 aromatic carbocycles. The molecule has 108 valence electrons. The second kappa shape index (κ2) is 8.15. The summed E-state index contributed by atoms with van der Waals surface area (Å²) in [5.41, 5.74) is 1.07. The molecule has 0 aliphatic rings. The van der Waals surface area contributed by atoms with E-state index in [0.29, 0.717) is 13.2 Å². The van der Waals surface area contributed by atoms with E-state index < -0.39 is 6.10 Å². The van der Waals surface area contributed by atoms with Gasteiger partial charge < -0.3 is 19.7 Å². The van der Waals surface area contributed by atoms with Gasteiger partial charge in [-0.2, -0.15) is 0 Å². The van der Waals surface area contributed by atoms with Gasteiger partial charge in [0, 0.05) is 18.4 Å². The van der Waals surface area contributed by atoms with E-state index in [1.165, 1.54) is 0 Å². The second-order valence-electron chi connectivity index (χ2n) is 4.99. The minimum atomic E-state index is -0.541. The van der Waals surface area contributed by atoms with Gasteiger partial charge in [-0.25, -0.2) is 0 Å². The molecule has 0 fully saturated rings. The predicted molar refractivity (Wildman–Crippen MR) is 74.1 cm³/mol. The average Bonchev–Trinajstić information content (AvgIpc) is 2.46. The number of aliphatic hydroxyl groups is 2. The van der Waals surface area contributed by atoms with Gasteiger partial charge in [-0.15, -0.1) is 0 Å². The normalized spacial score (nSPS) is 15.8. The lowest BCUT2D eigenvalue weighted by Gasteiger charge is -2.23. The van der Waals surface area contributed by atoms with Gasteiger partial charge in [0.05, 0.1) is 26.4 Å². The van der Waals surface area contributed by atoms with Crippen LogP contribution in [0, 0.1) is 11.8 Å². The summed E-state index contributed by atoms with van der Waals surface area (Å²) in [5.74, 6) is 0.698. The van der Waals surface area contributed by atoms with Gasteiger partial charge in [0.25, 0.3) is 0 Å². The highest BCUT2D eigenvalue weighted by Gasteiger charge is 2.20. The van der Waals surface area contributed by atoms with Crippen LogP contribution in [0.25, 0.3) is 0 Å². The van der Waals surface area contributed by atoms with Crippen LogP contribution >= 0.6 is 0 Å². The highest BCUT2D eigenvalue weighted by atomic mass is 16.5. The Hall–Kier alpha value is -1.10. The van der Waals surface area contributed by atoms with E-state index in [1.807, 2.05) is 38.1 Å². The number of hydrogen-bond acceptors (Lipinski definition) is 4. The van der Waals surface area contributed by atoms with Crippen LogP contribution in [0.4, 0.5) is 0 Å². The lowest BCUT2D eigenvalue weighted by atomic mass is 9.95. The lowest BCUT2D eigenvalue weighted by molar-refractivity contribution is -0.00902. The molecule has 19 heavy (non-hydrogen) atoms. The molecule has 4 heteroatoms. The van der Waals surface area contributed by atoms with Crippen LogP contribution in [-0.2, 0) is 11.3 Å². The molecule has 4 nitrogen and oxygen atoms in total. The number of hydrogen-bond donors (Lipinski definition) is 2. The van der Waals surface area contributed by atoms with Crippen LogP contribution in [-0.4, -0.2) is 36.6 Å². The molecule has 0 spiro atoms. The summed E-state index contributed by atoms with van der Waals surface area (Å²) < 4.78 is 10.7. The molecule has 0 radical (unpaired) electrons. The molecule has 2 N–H and O–H groups in total. The zero-order chi connectivity index (χ0) is 14.3. The Morgan fingerprint density at radius 1 is 1.11 bits per heavy atom. The van der Waals surface area contributed by atoms with Crippen LogP contribution in [0.15, 0.2) is 24.3 Å². The summed E-state index contributed by atoms with van der Waals surface area (Å²) in [5, 5.41) is 18.9.